The first kappa shape index (κ1) is 24.4. The van der Waals surface area contributed by atoms with Crippen molar-refractivity contribution in [1.29, 1.82) is 0 Å². The maximum atomic E-state index is 13.2. The second-order valence-electron chi connectivity index (χ2n) is 7.84. The van der Waals surface area contributed by atoms with E-state index in [1.54, 1.807) is 12.4 Å². The molecule has 1 aliphatic heterocycles. The Morgan fingerprint density at radius 3 is 2.76 bits per heavy atom. The number of hydrogen-bond acceptors (Lipinski definition) is 6. The minimum absolute atomic E-state index is 0.146. The van der Waals surface area contributed by atoms with E-state index in [0.717, 1.165) is 33.2 Å². The molecule has 1 atom stereocenters. The summed E-state index contributed by atoms with van der Waals surface area (Å²) in [5, 5.41) is 5.71. The third-order valence-corrected chi connectivity index (χ3v) is 6.34. The Hall–Kier alpha value is -3.23. The smallest absolute Gasteiger partial charge is 0.253 e. The van der Waals surface area contributed by atoms with Crippen molar-refractivity contribution >= 4 is 17.2 Å². The number of carbonyl (C=O) groups is 1. The molecule has 3 rings (SSSR count). The van der Waals surface area contributed by atoms with Crippen LogP contribution in [0.1, 0.15) is 42.6 Å². The predicted octanol–water partition coefficient (Wildman–Crippen LogP) is 4.23. The van der Waals surface area contributed by atoms with Gasteiger partial charge >= 0.3 is 0 Å². The Bertz CT molecular complexity index is 1190. The molecule has 2 aromatic rings. The van der Waals surface area contributed by atoms with Crippen LogP contribution in [0.5, 0.6) is 0 Å². The lowest BCUT2D eigenvalue weighted by atomic mass is 9.95. The quantitative estimate of drug-likeness (QED) is 0.608. The van der Waals surface area contributed by atoms with Gasteiger partial charge in [-0.05, 0) is 57.9 Å². The molecule has 1 aliphatic rings. The lowest BCUT2D eigenvalue weighted by Crippen LogP contribution is -2.34. The van der Waals surface area contributed by atoms with Crippen LogP contribution in [0.2, 0.25) is 0 Å². The average Bonchev–Trinajstić information content (AvgIpc) is 3.29. The number of aryl methyl sites for hydroxylation is 2. The van der Waals surface area contributed by atoms with E-state index in [-0.39, 0.29) is 24.1 Å². The summed E-state index contributed by atoms with van der Waals surface area (Å²) in [6.07, 6.45) is 6.91. The van der Waals surface area contributed by atoms with Crippen LogP contribution in [0.3, 0.4) is 0 Å². The second kappa shape index (κ2) is 10.6. The molecular weight excluding hydrogens is 436 g/mol. The van der Waals surface area contributed by atoms with E-state index < -0.39 is 0 Å². The van der Waals surface area contributed by atoms with E-state index in [1.807, 2.05) is 63.1 Å². The molecule has 2 aromatic heterocycles. The summed E-state index contributed by atoms with van der Waals surface area (Å²) >= 11 is 1.54. The number of aromatic nitrogens is 2. The summed E-state index contributed by atoms with van der Waals surface area (Å²) < 4.78 is 6.09. The molecule has 0 aromatic carbocycles. The lowest BCUT2D eigenvalue weighted by molar-refractivity contribution is -0.117. The molecular formula is C25H30N4O3S. The first-order valence-corrected chi connectivity index (χ1v) is 11.6. The fourth-order valence-corrected chi connectivity index (χ4v) is 4.45. The summed E-state index contributed by atoms with van der Waals surface area (Å²) in [4.78, 5) is 34.5. The molecule has 0 saturated heterocycles. The molecule has 0 fully saturated rings. The molecule has 2 N–H and O–H groups in total. The number of nitrogens with zero attached hydrogens (tertiary/aromatic N) is 2. The maximum absolute atomic E-state index is 13.2. The number of ether oxygens (including phenoxy) is 1. The number of nitrogens with one attached hydrogen (secondary N) is 2. The van der Waals surface area contributed by atoms with E-state index >= 15 is 0 Å². The summed E-state index contributed by atoms with van der Waals surface area (Å²) in [6, 6.07) is 1.90. The number of amides is 1. The van der Waals surface area contributed by atoms with Gasteiger partial charge in [0.2, 0.25) is 0 Å². The van der Waals surface area contributed by atoms with E-state index in [0.29, 0.717) is 17.7 Å². The molecule has 1 unspecified atom stereocenters. The van der Waals surface area contributed by atoms with Gasteiger partial charge in [-0.15, -0.1) is 11.3 Å². The highest BCUT2D eigenvalue weighted by Gasteiger charge is 2.29. The first-order chi connectivity index (χ1) is 15.8. The second-order valence-corrected chi connectivity index (χ2v) is 8.82. The van der Waals surface area contributed by atoms with Gasteiger partial charge in [-0.1, -0.05) is 12.7 Å². The van der Waals surface area contributed by atoms with Crippen molar-refractivity contribution in [1.82, 2.24) is 20.2 Å². The van der Waals surface area contributed by atoms with Crippen molar-refractivity contribution in [3.8, 4) is 0 Å². The van der Waals surface area contributed by atoms with Gasteiger partial charge in [-0.25, -0.2) is 4.98 Å². The highest BCUT2D eigenvalue weighted by atomic mass is 32.1. The summed E-state index contributed by atoms with van der Waals surface area (Å²) in [7, 11) is 0. The topological polar surface area (TPSA) is 87.3 Å². The minimum Gasteiger partial charge on any atom is -0.365 e. The van der Waals surface area contributed by atoms with Gasteiger partial charge in [0.05, 0.1) is 18.4 Å². The van der Waals surface area contributed by atoms with Crippen molar-refractivity contribution in [3.63, 3.8) is 0 Å². The summed E-state index contributed by atoms with van der Waals surface area (Å²) in [5.74, 6) is -0.250. The third-order valence-electron chi connectivity index (χ3n) is 5.59. The summed E-state index contributed by atoms with van der Waals surface area (Å²) in [5.41, 5.74) is 4.98. The van der Waals surface area contributed by atoms with Crippen LogP contribution in [0.4, 0.5) is 0 Å². The van der Waals surface area contributed by atoms with Gasteiger partial charge in [-0.2, -0.15) is 0 Å². The number of thiazole rings is 1. The first-order valence-electron chi connectivity index (χ1n) is 10.7. The Morgan fingerprint density at radius 2 is 2.15 bits per heavy atom. The van der Waals surface area contributed by atoms with Gasteiger partial charge in [0.1, 0.15) is 5.01 Å². The van der Waals surface area contributed by atoms with Gasteiger partial charge in [-0.3, -0.25) is 9.59 Å². The molecule has 0 saturated carbocycles. The van der Waals surface area contributed by atoms with Crippen molar-refractivity contribution in [2.24, 2.45) is 0 Å². The predicted molar refractivity (Wildman–Crippen MR) is 131 cm³/mol. The van der Waals surface area contributed by atoms with Crippen LogP contribution < -0.4 is 10.9 Å². The molecule has 0 aliphatic carbocycles. The molecule has 0 spiro atoms. The normalized spacial score (nSPS) is 16.1. The van der Waals surface area contributed by atoms with Crippen LogP contribution >= 0.6 is 11.3 Å². The van der Waals surface area contributed by atoms with Gasteiger partial charge in [0.15, 0.2) is 0 Å². The number of rotatable bonds is 8. The third kappa shape index (κ3) is 5.40. The highest BCUT2D eigenvalue weighted by Crippen LogP contribution is 2.33. The fraction of sp³-hybridized carbons (Fsp3) is 0.320. The number of hydrogen-bond donors (Lipinski definition) is 2. The molecule has 174 valence electrons. The minimum atomic E-state index is -0.305. The zero-order valence-corrected chi connectivity index (χ0v) is 20.5. The number of aromatic amines is 1. The number of allylic oxidation sites excluding steroid dienone is 2. The Kier molecular flexibility index (Phi) is 7.84. The van der Waals surface area contributed by atoms with Crippen LogP contribution in [-0.2, 0) is 22.7 Å². The van der Waals surface area contributed by atoms with Crippen LogP contribution in [-0.4, -0.2) is 26.9 Å². The summed E-state index contributed by atoms with van der Waals surface area (Å²) in [6.45, 7) is 13.9. The Morgan fingerprint density at radius 1 is 1.39 bits per heavy atom. The fourth-order valence-electron chi connectivity index (χ4n) is 3.91. The van der Waals surface area contributed by atoms with Crippen molar-refractivity contribution in [3.05, 3.63) is 97.3 Å². The SMILES string of the molecule is C=CN1C(C(C)OCc2nccs2)=C(C)C(C(=O)NCc2c(C)cc(C)[nH]c2=O)=C/C1=C/C. The Balaban J connectivity index is 1.86. The Labute approximate surface area is 198 Å². The largest absolute Gasteiger partial charge is 0.365 e. The van der Waals surface area contributed by atoms with Crippen molar-refractivity contribution < 1.29 is 9.53 Å². The monoisotopic (exact) mass is 466 g/mol. The zero-order valence-electron chi connectivity index (χ0n) is 19.7. The molecule has 0 radical (unpaired) electrons. The van der Waals surface area contributed by atoms with Gasteiger partial charge in [0, 0.05) is 46.8 Å². The van der Waals surface area contributed by atoms with E-state index in [2.05, 4.69) is 21.9 Å². The average molecular weight is 467 g/mol. The van der Waals surface area contributed by atoms with Crippen LogP contribution in [0.15, 0.2) is 69.9 Å². The highest BCUT2D eigenvalue weighted by molar-refractivity contribution is 7.09. The van der Waals surface area contributed by atoms with Gasteiger partial charge in [0.25, 0.3) is 11.5 Å². The number of H-pyrrole nitrogens is 1. The standard InChI is InChI=1S/C25H30N4O3S/c1-7-19-12-20(24(30)27-13-21-15(3)11-16(4)28-25(21)31)17(5)23(29(19)8-2)18(6)32-14-22-26-9-10-33-22/h7-12,18H,2,13-14H2,1,3-6H3,(H,27,30)(H,28,31)/b19-7-. The molecule has 33 heavy (non-hydrogen) atoms. The van der Waals surface area contributed by atoms with Crippen LogP contribution in [0.25, 0.3) is 0 Å². The molecule has 0 bridgehead atoms. The van der Waals surface area contributed by atoms with Crippen LogP contribution in [0, 0.1) is 13.8 Å². The molecule has 1 amide bonds. The van der Waals surface area contributed by atoms with E-state index in [1.165, 1.54) is 11.3 Å². The lowest BCUT2D eigenvalue weighted by Gasteiger charge is -2.34. The number of carbonyl (C=O) groups excluding carboxylic acids is 1. The maximum Gasteiger partial charge on any atom is 0.253 e. The zero-order chi connectivity index (χ0) is 24.1. The van der Waals surface area contributed by atoms with Crippen molar-refractivity contribution in [2.45, 2.75) is 53.9 Å². The number of pyridine rings is 1. The van der Waals surface area contributed by atoms with E-state index in [9.17, 15) is 9.59 Å². The molecule has 3 heterocycles. The van der Waals surface area contributed by atoms with E-state index in [4.69, 9.17) is 4.74 Å². The molecule has 7 nitrogen and oxygen atoms in total. The van der Waals surface area contributed by atoms with Crippen molar-refractivity contribution in [2.75, 3.05) is 0 Å². The van der Waals surface area contributed by atoms with Gasteiger partial charge < -0.3 is 19.9 Å². The molecule has 8 heteroatoms.